The fraction of sp³-hybridized carbons (Fsp3) is 0.316. The Morgan fingerprint density at radius 3 is 2.78 bits per heavy atom. The van der Waals surface area contributed by atoms with Crippen molar-refractivity contribution in [2.75, 3.05) is 13.2 Å². The van der Waals surface area contributed by atoms with Crippen LogP contribution in [0.25, 0.3) is 22.2 Å². The van der Waals surface area contributed by atoms with Crippen molar-refractivity contribution in [3.63, 3.8) is 0 Å². The van der Waals surface area contributed by atoms with Crippen molar-refractivity contribution >= 4 is 11.0 Å². The third kappa shape index (κ3) is 2.44. The Morgan fingerprint density at radius 2 is 2.04 bits per heavy atom. The summed E-state index contributed by atoms with van der Waals surface area (Å²) in [6.07, 6.45) is 1.80. The van der Waals surface area contributed by atoms with Gasteiger partial charge in [0.05, 0.1) is 37.1 Å². The van der Waals surface area contributed by atoms with Crippen LogP contribution in [0.1, 0.15) is 11.1 Å². The number of nitrogens with zero attached hydrogens (tertiary/aromatic N) is 2. The molecular weight excluding hydrogens is 288 g/mol. The molecule has 0 bridgehead atoms. The van der Waals surface area contributed by atoms with Gasteiger partial charge in [0.15, 0.2) is 0 Å². The van der Waals surface area contributed by atoms with Crippen molar-refractivity contribution in [1.82, 2.24) is 9.55 Å². The van der Waals surface area contributed by atoms with Gasteiger partial charge in [-0.3, -0.25) is 0 Å². The number of aryl methyl sites for hydroxylation is 1. The smallest absolute Gasteiger partial charge is 0.129 e. The van der Waals surface area contributed by atoms with Crippen molar-refractivity contribution in [2.45, 2.75) is 26.0 Å². The maximum atomic E-state index is 10.3. The van der Waals surface area contributed by atoms with E-state index in [0.29, 0.717) is 19.8 Å². The molecule has 23 heavy (non-hydrogen) atoms. The van der Waals surface area contributed by atoms with Gasteiger partial charge in [-0.05, 0) is 48.2 Å². The number of benzene rings is 2. The van der Waals surface area contributed by atoms with Gasteiger partial charge in [-0.25, -0.2) is 4.98 Å². The van der Waals surface area contributed by atoms with E-state index in [1.807, 2.05) is 4.57 Å². The summed E-state index contributed by atoms with van der Waals surface area (Å²) < 4.78 is 7.12. The Labute approximate surface area is 135 Å². The highest BCUT2D eigenvalue weighted by Crippen LogP contribution is 2.29. The lowest BCUT2D eigenvalue weighted by Crippen LogP contribution is -2.52. The van der Waals surface area contributed by atoms with E-state index < -0.39 is 5.60 Å². The molecular formula is C19H20N2O2. The zero-order valence-corrected chi connectivity index (χ0v) is 13.4. The van der Waals surface area contributed by atoms with E-state index >= 15 is 0 Å². The predicted molar refractivity (Wildman–Crippen MR) is 90.4 cm³/mol. The van der Waals surface area contributed by atoms with Crippen molar-refractivity contribution in [1.29, 1.82) is 0 Å². The van der Waals surface area contributed by atoms with Crippen LogP contribution in [-0.2, 0) is 11.3 Å². The van der Waals surface area contributed by atoms with Gasteiger partial charge in [0, 0.05) is 0 Å². The Hall–Kier alpha value is -2.17. The number of hydrogen-bond donors (Lipinski definition) is 1. The number of imidazole rings is 1. The number of ether oxygens (including phenoxy) is 1. The standard InChI is InChI=1S/C19H20N2O2/c1-13-4-3-5-16(14(13)2)15-6-7-18-17(8-15)20-12-21(18)9-19(22)10-23-11-19/h3-8,12,22H,9-11H2,1-2H3. The quantitative estimate of drug-likeness (QED) is 0.809. The number of fused-ring (bicyclic) bond motifs is 1. The molecule has 4 rings (SSSR count). The normalized spacial score (nSPS) is 16.5. The molecule has 0 unspecified atom stereocenters. The van der Waals surface area contributed by atoms with Crippen molar-refractivity contribution < 1.29 is 9.84 Å². The zero-order chi connectivity index (χ0) is 16.0. The van der Waals surface area contributed by atoms with Gasteiger partial charge in [-0.15, -0.1) is 0 Å². The summed E-state index contributed by atoms with van der Waals surface area (Å²) in [4.78, 5) is 4.51. The lowest BCUT2D eigenvalue weighted by atomic mass is 9.97. The fourth-order valence-electron chi connectivity index (χ4n) is 3.17. The lowest BCUT2D eigenvalue weighted by Gasteiger charge is -2.36. The summed E-state index contributed by atoms with van der Waals surface area (Å²) in [5.41, 5.74) is 6.25. The number of aromatic nitrogens is 2. The fourth-order valence-corrected chi connectivity index (χ4v) is 3.17. The van der Waals surface area contributed by atoms with Gasteiger partial charge in [0.25, 0.3) is 0 Å². The van der Waals surface area contributed by atoms with Gasteiger partial charge in [0.1, 0.15) is 5.60 Å². The largest absolute Gasteiger partial charge is 0.383 e. The molecule has 4 heteroatoms. The third-order valence-electron chi connectivity index (χ3n) is 4.74. The van der Waals surface area contributed by atoms with E-state index in [9.17, 15) is 5.11 Å². The van der Waals surface area contributed by atoms with E-state index in [0.717, 1.165) is 11.0 Å². The minimum atomic E-state index is -0.751. The molecule has 0 amide bonds. The van der Waals surface area contributed by atoms with Gasteiger partial charge in [-0.1, -0.05) is 24.3 Å². The van der Waals surface area contributed by atoms with Crippen molar-refractivity contribution in [2.24, 2.45) is 0 Å². The second kappa shape index (κ2) is 5.18. The highest BCUT2D eigenvalue weighted by molar-refractivity contribution is 5.83. The summed E-state index contributed by atoms with van der Waals surface area (Å²) in [7, 11) is 0. The van der Waals surface area contributed by atoms with Gasteiger partial charge >= 0.3 is 0 Å². The van der Waals surface area contributed by atoms with Crippen molar-refractivity contribution in [3.05, 3.63) is 53.9 Å². The molecule has 4 nitrogen and oxygen atoms in total. The lowest BCUT2D eigenvalue weighted by molar-refractivity contribution is -0.184. The molecule has 2 heterocycles. The van der Waals surface area contributed by atoms with Crippen LogP contribution in [0.2, 0.25) is 0 Å². The van der Waals surface area contributed by atoms with Crippen LogP contribution < -0.4 is 0 Å². The first-order valence-corrected chi connectivity index (χ1v) is 7.87. The topological polar surface area (TPSA) is 47.3 Å². The van der Waals surface area contributed by atoms with Gasteiger partial charge in [0.2, 0.25) is 0 Å². The first-order chi connectivity index (χ1) is 11.1. The highest BCUT2D eigenvalue weighted by Gasteiger charge is 2.36. The molecule has 0 atom stereocenters. The molecule has 118 valence electrons. The van der Waals surface area contributed by atoms with E-state index in [1.165, 1.54) is 22.3 Å². The number of aliphatic hydroxyl groups is 1. The third-order valence-corrected chi connectivity index (χ3v) is 4.74. The second-order valence-corrected chi connectivity index (χ2v) is 6.54. The van der Waals surface area contributed by atoms with Crippen LogP contribution in [-0.4, -0.2) is 33.5 Å². The molecule has 0 aliphatic carbocycles. The molecule has 3 aromatic rings. The zero-order valence-electron chi connectivity index (χ0n) is 13.4. The van der Waals surface area contributed by atoms with Crippen LogP contribution >= 0.6 is 0 Å². The molecule has 0 saturated carbocycles. The molecule has 0 radical (unpaired) electrons. The van der Waals surface area contributed by atoms with Gasteiger partial charge in [-0.2, -0.15) is 0 Å². The van der Waals surface area contributed by atoms with Crippen LogP contribution in [0.5, 0.6) is 0 Å². The minimum Gasteiger partial charge on any atom is -0.383 e. The maximum absolute atomic E-state index is 10.3. The van der Waals surface area contributed by atoms with E-state index in [4.69, 9.17) is 4.74 Å². The molecule has 2 aromatic carbocycles. The first kappa shape index (κ1) is 14.4. The summed E-state index contributed by atoms with van der Waals surface area (Å²) in [6, 6.07) is 12.7. The summed E-state index contributed by atoms with van der Waals surface area (Å²) in [5.74, 6) is 0. The predicted octanol–water partition coefficient (Wildman–Crippen LogP) is 3.08. The SMILES string of the molecule is Cc1cccc(-c2ccc3c(c2)ncn3CC2(O)COC2)c1C. The van der Waals surface area contributed by atoms with Crippen LogP contribution in [0.3, 0.4) is 0 Å². The molecule has 1 N–H and O–H groups in total. The van der Waals surface area contributed by atoms with E-state index in [1.54, 1.807) is 6.33 Å². The molecule has 0 spiro atoms. The number of rotatable bonds is 3. The van der Waals surface area contributed by atoms with Gasteiger partial charge < -0.3 is 14.4 Å². The first-order valence-electron chi connectivity index (χ1n) is 7.87. The van der Waals surface area contributed by atoms with Crippen LogP contribution in [0.15, 0.2) is 42.7 Å². The molecule has 1 aromatic heterocycles. The maximum Gasteiger partial charge on any atom is 0.129 e. The van der Waals surface area contributed by atoms with Crippen LogP contribution in [0, 0.1) is 13.8 Å². The average molecular weight is 308 g/mol. The Kier molecular flexibility index (Phi) is 3.25. The second-order valence-electron chi connectivity index (χ2n) is 6.54. The summed E-state index contributed by atoms with van der Waals surface area (Å²) in [5, 5.41) is 10.3. The average Bonchev–Trinajstić information content (AvgIpc) is 2.90. The molecule has 1 fully saturated rings. The Bertz CT molecular complexity index is 878. The Morgan fingerprint density at radius 1 is 1.22 bits per heavy atom. The van der Waals surface area contributed by atoms with Crippen LogP contribution in [0.4, 0.5) is 0 Å². The summed E-state index contributed by atoms with van der Waals surface area (Å²) >= 11 is 0. The van der Waals surface area contributed by atoms with E-state index in [-0.39, 0.29) is 0 Å². The highest BCUT2D eigenvalue weighted by atomic mass is 16.5. The number of hydrogen-bond acceptors (Lipinski definition) is 3. The molecule has 1 aliphatic rings. The molecule has 1 saturated heterocycles. The van der Waals surface area contributed by atoms with Crippen molar-refractivity contribution in [3.8, 4) is 11.1 Å². The minimum absolute atomic E-state index is 0.396. The Balaban J connectivity index is 1.73. The molecule has 1 aliphatic heterocycles. The monoisotopic (exact) mass is 308 g/mol. The summed E-state index contributed by atoms with van der Waals surface area (Å²) in [6.45, 7) is 5.60. The van der Waals surface area contributed by atoms with E-state index in [2.05, 4.69) is 55.2 Å².